The average Bonchev–Trinajstić information content (AvgIpc) is 2.91. The average molecular weight is 562 g/mol. The Labute approximate surface area is 235 Å². The van der Waals surface area contributed by atoms with E-state index in [9.17, 15) is 39.0 Å². The summed E-state index contributed by atoms with van der Waals surface area (Å²) in [7, 11) is 3.04. The van der Waals surface area contributed by atoms with Crippen LogP contribution in [0.4, 0.5) is 0 Å². The van der Waals surface area contributed by atoms with Crippen LogP contribution in [0.2, 0.25) is 0 Å². The molecular weight excluding hydrogens is 530 g/mol. The van der Waals surface area contributed by atoms with Crippen molar-refractivity contribution in [3.05, 3.63) is 64.7 Å². The topological polar surface area (TPSA) is 184 Å². The van der Waals surface area contributed by atoms with Crippen LogP contribution < -0.4 is 11.1 Å². The number of rotatable bonds is 7. The lowest BCUT2D eigenvalue weighted by Gasteiger charge is -2.52. The third-order valence-electron chi connectivity index (χ3n) is 8.70. The smallest absolute Gasteiger partial charge is 0.235 e. The lowest BCUT2D eigenvalue weighted by molar-refractivity contribution is -0.181. The summed E-state index contributed by atoms with van der Waals surface area (Å²) in [5, 5.41) is 25.4. The fourth-order valence-corrected chi connectivity index (χ4v) is 6.88. The molecule has 0 saturated heterocycles. The number of hydrogen-bond donors (Lipinski definition) is 4. The minimum absolute atomic E-state index is 0.0278. The van der Waals surface area contributed by atoms with Crippen LogP contribution in [0.3, 0.4) is 0 Å². The molecule has 2 aromatic carbocycles. The zero-order valence-corrected chi connectivity index (χ0v) is 22.6. The SMILES string of the molecule is CN(C)[C@@H]1C(=O)C(C(N)=O)C(=O)[C@@]2(O)C(=O)C3C(=O)c4c(O)ccc(C(=O)CNCc5ccccc5)c4C[C@H]3C[C@@H]12. The second-order valence-electron chi connectivity index (χ2n) is 11.3. The Kier molecular flexibility index (Phi) is 7.22. The molecule has 5 N–H and O–H groups in total. The quantitative estimate of drug-likeness (QED) is 0.262. The number of phenols is 1. The molecule has 5 rings (SSSR count). The Balaban J connectivity index is 1.50. The van der Waals surface area contributed by atoms with Crippen molar-refractivity contribution in [2.24, 2.45) is 29.4 Å². The van der Waals surface area contributed by atoms with E-state index in [-0.39, 0.29) is 41.9 Å². The largest absolute Gasteiger partial charge is 0.507 e. The summed E-state index contributed by atoms with van der Waals surface area (Å²) in [6, 6.07) is 10.9. The maximum atomic E-state index is 13.9. The van der Waals surface area contributed by atoms with Crippen molar-refractivity contribution in [3.63, 3.8) is 0 Å². The fraction of sp³-hybridized carbons (Fsp3) is 0.400. The number of carbonyl (C=O) groups is 6. The second-order valence-corrected chi connectivity index (χ2v) is 11.3. The van der Waals surface area contributed by atoms with Crippen LogP contribution in [-0.2, 0) is 32.1 Å². The van der Waals surface area contributed by atoms with Gasteiger partial charge in [-0.1, -0.05) is 30.3 Å². The number of aromatic hydroxyl groups is 1. The number of hydrogen-bond acceptors (Lipinski definition) is 10. The maximum absolute atomic E-state index is 13.9. The van der Waals surface area contributed by atoms with Gasteiger partial charge in [0.25, 0.3) is 0 Å². The first kappa shape index (κ1) is 28.5. The van der Waals surface area contributed by atoms with Crippen LogP contribution in [0.5, 0.6) is 5.75 Å². The van der Waals surface area contributed by atoms with Crippen LogP contribution in [0, 0.1) is 23.7 Å². The van der Waals surface area contributed by atoms with E-state index in [1.165, 1.54) is 31.1 Å². The standard InChI is InChI=1S/C30H31N3O8/c1-33(2)24-18-11-15-10-17-16(20(35)13-32-12-14-6-4-3-5-7-14)8-9-19(34)22(17)25(36)21(15)27(38)30(18,41)28(39)23(26(24)37)29(31)40/h3-9,15,18,21,23-24,32,34,41H,10-13H2,1-2H3,(H2,31,40)/t15-,18-,21?,23?,24-,30-/m0/s1. The molecule has 0 radical (unpaired) electrons. The number of nitrogens with two attached hydrogens (primary N) is 1. The van der Waals surface area contributed by atoms with Crippen molar-refractivity contribution in [1.29, 1.82) is 0 Å². The third kappa shape index (κ3) is 4.41. The van der Waals surface area contributed by atoms with Crippen molar-refractivity contribution in [2.45, 2.75) is 31.0 Å². The molecular formula is C30H31N3O8. The van der Waals surface area contributed by atoms with Gasteiger partial charge in [-0.3, -0.25) is 33.7 Å². The Hall–Kier alpha value is -4.06. The van der Waals surface area contributed by atoms with Crippen molar-refractivity contribution >= 4 is 34.8 Å². The van der Waals surface area contributed by atoms with E-state index >= 15 is 0 Å². The Bertz CT molecular complexity index is 1490. The molecule has 3 aliphatic carbocycles. The number of Topliss-reactive ketones (excluding diaryl/α,β-unsaturated/α-hetero) is 5. The van der Waals surface area contributed by atoms with Gasteiger partial charge in [0, 0.05) is 18.0 Å². The minimum Gasteiger partial charge on any atom is -0.507 e. The van der Waals surface area contributed by atoms with Crippen LogP contribution >= 0.6 is 0 Å². The number of fused-ring (bicyclic) bond motifs is 3. The molecule has 0 bridgehead atoms. The summed E-state index contributed by atoms with van der Waals surface area (Å²) in [5.74, 6) is -11.6. The van der Waals surface area contributed by atoms with Gasteiger partial charge < -0.3 is 21.3 Å². The number of phenolic OH excluding ortho intramolecular Hbond substituents is 1. The van der Waals surface area contributed by atoms with Crippen LogP contribution in [0.1, 0.15) is 38.3 Å². The molecule has 0 heterocycles. The molecule has 11 nitrogen and oxygen atoms in total. The molecule has 2 fully saturated rings. The monoisotopic (exact) mass is 561 g/mol. The van der Waals surface area contributed by atoms with Crippen molar-refractivity contribution in [2.75, 3.05) is 20.6 Å². The highest BCUT2D eigenvalue weighted by molar-refractivity contribution is 6.32. The van der Waals surface area contributed by atoms with Gasteiger partial charge in [0.2, 0.25) is 5.91 Å². The number of amides is 1. The maximum Gasteiger partial charge on any atom is 0.235 e. The highest BCUT2D eigenvalue weighted by Gasteiger charge is 2.69. The van der Waals surface area contributed by atoms with Crippen LogP contribution in [0.25, 0.3) is 0 Å². The number of primary amides is 1. The summed E-state index contributed by atoms with van der Waals surface area (Å²) in [5.41, 5.74) is 3.81. The van der Waals surface area contributed by atoms with Crippen LogP contribution in [-0.4, -0.2) is 82.2 Å². The van der Waals surface area contributed by atoms with E-state index in [0.29, 0.717) is 6.54 Å². The molecule has 1 amide bonds. The molecule has 3 aliphatic rings. The van der Waals surface area contributed by atoms with Gasteiger partial charge in [-0.2, -0.15) is 0 Å². The third-order valence-corrected chi connectivity index (χ3v) is 8.70. The molecule has 6 atom stereocenters. The number of ketones is 5. The lowest BCUT2D eigenvalue weighted by Crippen LogP contribution is -2.74. The first-order valence-corrected chi connectivity index (χ1v) is 13.4. The van der Waals surface area contributed by atoms with Crippen molar-refractivity contribution in [1.82, 2.24) is 10.2 Å². The van der Waals surface area contributed by atoms with E-state index in [0.717, 1.165) is 5.56 Å². The molecule has 214 valence electrons. The van der Waals surface area contributed by atoms with E-state index < -0.39 is 70.1 Å². The molecule has 2 aromatic rings. The number of nitrogens with one attached hydrogen (secondary N) is 1. The van der Waals surface area contributed by atoms with Crippen LogP contribution in [0.15, 0.2) is 42.5 Å². The second kappa shape index (κ2) is 10.4. The molecule has 41 heavy (non-hydrogen) atoms. The van der Waals surface area contributed by atoms with Gasteiger partial charge in [0.15, 0.2) is 40.4 Å². The van der Waals surface area contributed by atoms with Crippen molar-refractivity contribution < 1.29 is 39.0 Å². The molecule has 2 saturated carbocycles. The fourth-order valence-electron chi connectivity index (χ4n) is 6.88. The van der Waals surface area contributed by atoms with Crippen molar-refractivity contribution in [3.8, 4) is 5.75 Å². The Morgan fingerprint density at radius 1 is 1.05 bits per heavy atom. The minimum atomic E-state index is -2.79. The summed E-state index contributed by atoms with van der Waals surface area (Å²) in [4.78, 5) is 80.9. The van der Waals surface area contributed by atoms with E-state index in [4.69, 9.17) is 5.73 Å². The van der Waals surface area contributed by atoms with E-state index in [1.54, 1.807) is 0 Å². The number of nitrogens with zero attached hydrogens (tertiary/aromatic N) is 1. The van der Waals surface area contributed by atoms with Gasteiger partial charge >= 0.3 is 0 Å². The molecule has 0 aliphatic heterocycles. The number of carbonyl (C=O) groups excluding carboxylic acids is 6. The first-order valence-electron chi connectivity index (χ1n) is 13.4. The summed E-state index contributed by atoms with van der Waals surface area (Å²) < 4.78 is 0. The van der Waals surface area contributed by atoms with Gasteiger partial charge in [-0.05, 0) is 56.1 Å². The van der Waals surface area contributed by atoms with Gasteiger partial charge in [-0.25, -0.2) is 0 Å². The molecule has 2 unspecified atom stereocenters. The highest BCUT2D eigenvalue weighted by Crippen LogP contribution is 2.51. The molecule has 0 aromatic heterocycles. The Morgan fingerprint density at radius 2 is 1.73 bits per heavy atom. The summed E-state index contributed by atoms with van der Waals surface area (Å²) >= 11 is 0. The number of likely N-dealkylation sites (N-methyl/N-ethyl adjacent to an activating group) is 1. The van der Waals surface area contributed by atoms with Gasteiger partial charge in [0.05, 0.1) is 24.1 Å². The summed E-state index contributed by atoms with van der Waals surface area (Å²) in [6.07, 6.45) is -0.0561. The first-order chi connectivity index (χ1) is 19.4. The van der Waals surface area contributed by atoms with Gasteiger partial charge in [-0.15, -0.1) is 0 Å². The normalized spacial score (nSPS) is 29.1. The van der Waals surface area contributed by atoms with E-state index in [1.807, 2.05) is 30.3 Å². The number of benzene rings is 2. The van der Waals surface area contributed by atoms with Gasteiger partial charge in [0.1, 0.15) is 5.75 Å². The summed E-state index contributed by atoms with van der Waals surface area (Å²) in [6.45, 7) is 0.390. The highest BCUT2D eigenvalue weighted by atomic mass is 16.3. The number of aliphatic hydroxyl groups is 1. The molecule has 11 heteroatoms. The zero-order chi connectivity index (χ0) is 29.8. The zero-order valence-electron chi connectivity index (χ0n) is 22.6. The van der Waals surface area contributed by atoms with E-state index in [2.05, 4.69) is 5.32 Å². The Morgan fingerprint density at radius 3 is 2.37 bits per heavy atom. The lowest BCUT2D eigenvalue weighted by atomic mass is 9.52. The molecule has 0 spiro atoms. The predicted octanol–water partition coefficient (Wildman–Crippen LogP) is -0.160. The predicted molar refractivity (Wildman–Crippen MR) is 144 cm³/mol.